The Balaban J connectivity index is 1.81. The summed E-state index contributed by atoms with van der Waals surface area (Å²) in [5.41, 5.74) is 2.71. The van der Waals surface area contributed by atoms with Gasteiger partial charge in [0.25, 0.3) is 10.0 Å². The van der Waals surface area contributed by atoms with Crippen molar-refractivity contribution < 1.29 is 18.0 Å². The number of anilines is 1. The number of nitrogens with one attached hydrogen (secondary N) is 1. The van der Waals surface area contributed by atoms with Gasteiger partial charge >= 0.3 is 0 Å². The first kappa shape index (κ1) is 34.2. The van der Waals surface area contributed by atoms with Gasteiger partial charge in [-0.2, -0.15) is 0 Å². The van der Waals surface area contributed by atoms with Crippen LogP contribution >= 0.6 is 27.5 Å². The van der Waals surface area contributed by atoms with Crippen molar-refractivity contribution in [1.29, 1.82) is 0 Å². The molecular weight excluding hydrogens is 674 g/mol. The number of aryl methyl sites for hydroxylation is 1. The molecule has 2 atom stereocenters. The van der Waals surface area contributed by atoms with Crippen LogP contribution in [0.5, 0.6) is 0 Å². The van der Waals surface area contributed by atoms with Gasteiger partial charge in [0.05, 0.1) is 10.6 Å². The third kappa shape index (κ3) is 8.96. The lowest BCUT2D eigenvalue weighted by molar-refractivity contribution is -0.140. The summed E-state index contributed by atoms with van der Waals surface area (Å²) in [6, 6.07) is 28.7. The van der Waals surface area contributed by atoms with Crippen molar-refractivity contribution in [2.45, 2.75) is 57.1 Å². The topological polar surface area (TPSA) is 86.8 Å². The first-order valence-electron chi connectivity index (χ1n) is 14.7. The Labute approximate surface area is 279 Å². The molecule has 2 amide bonds. The monoisotopic (exact) mass is 709 g/mol. The van der Waals surface area contributed by atoms with Crippen LogP contribution in [-0.4, -0.2) is 43.8 Å². The van der Waals surface area contributed by atoms with Gasteiger partial charge in [-0.15, -0.1) is 0 Å². The lowest BCUT2D eigenvalue weighted by atomic mass is 10.0. The summed E-state index contributed by atoms with van der Waals surface area (Å²) < 4.78 is 30.1. The van der Waals surface area contributed by atoms with Gasteiger partial charge in [0.2, 0.25) is 11.8 Å². The Bertz CT molecular complexity index is 1700. The molecule has 1 N–H and O–H groups in total. The Morgan fingerprint density at radius 1 is 0.889 bits per heavy atom. The summed E-state index contributed by atoms with van der Waals surface area (Å²) >= 11 is 9.96. The predicted octanol–water partition coefficient (Wildman–Crippen LogP) is 7.16. The average molecular weight is 711 g/mol. The van der Waals surface area contributed by atoms with Crippen LogP contribution in [0.3, 0.4) is 0 Å². The van der Waals surface area contributed by atoms with Gasteiger partial charge in [-0.1, -0.05) is 101 Å². The Morgan fingerprint density at radius 2 is 1.51 bits per heavy atom. The van der Waals surface area contributed by atoms with Crippen LogP contribution in [0.4, 0.5) is 5.69 Å². The van der Waals surface area contributed by atoms with Crippen molar-refractivity contribution in [3.05, 3.63) is 129 Å². The van der Waals surface area contributed by atoms with Crippen molar-refractivity contribution in [3.8, 4) is 0 Å². The summed E-state index contributed by atoms with van der Waals surface area (Å²) in [5.74, 6) is -0.876. The van der Waals surface area contributed by atoms with Crippen LogP contribution < -0.4 is 9.62 Å². The molecule has 0 aromatic heterocycles. The normalized spacial score (nSPS) is 12.6. The molecule has 0 aliphatic carbocycles. The van der Waals surface area contributed by atoms with Gasteiger partial charge in [0.1, 0.15) is 12.6 Å². The van der Waals surface area contributed by atoms with E-state index in [-0.39, 0.29) is 29.8 Å². The first-order chi connectivity index (χ1) is 21.5. The van der Waals surface area contributed by atoms with Gasteiger partial charge in [-0.05, 0) is 73.9 Å². The molecule has 4 aromatic carbocycles. The predicted molar refractivity (Wildman–Crippen MR) is 184 cm³/mol. The van der Waals surface area contributed by atoms with Crippen molar-refractivity contribution in [1.82, 2.24) is 10.2 Å². The van der Waals surface area contributed by atoms with Crippen molar-refractivity contribution in [3.63, 3.8) is 0 Å². The van der Waals surface area contributed by atoms with Gasteiger partial charge < -0.3 is 10.2 Å². The minimum Gasteiger partial charge on any atom is -0.352 e. The van der Waals surface area contributed by atoms with E-state index in [0.717, 1.165) is 19.9 Å². The third-order valence-electron chi connectivity index (χ3n) is 7.57. The van der Waals surface area contributed by atoms with Crippen molar-refractivity contribution in [2.24, 2.45) is 0 Å². The number of halogens is 2. The number of benzene rings is 4. The van der Waals surface area contributed by atoms with Crippen LogP contribution in [0.2, 0.25) is 5.02 Å². The fraction of sp³-hybridized carbons (Fsp3) is 0.257. The van der Waals surface area contributed by atoms with Crippen LogP contribution in [0.25, 0.3) is 0 Å². The summed E-state index contributed by atoms with van der Waals surface area (Å²) in [6.07, 6.45) is 0.927. The molecule has 236 valence electrons. The fourth-order valence-corrected chi connectivity index (χ4v) is 6.65. The zero-order valence-electron chi connectivity index (χ0n) is 25.5. The average Bonchev–Trinajstić information content (AvgIpc) is 3.03. The third-order valence-corrected chi connectivity index (χ3v) is 10.3. The molecule has 4 aromatic rings. The Kier molecular flexibility index (Phi) is 11.8. The highest BCUT2D eigenvalue weighted by molar-refractivity contribution is 9.10. The number of sulfonamides is 1. The van der Waals surface area contributed by atoms with Gasteiger partial charge in [-0.3, -0.25) is 13.9 Å². The Morgan fingerprint density at radius 3 is 2.13 bits per heavy atom. The zero-order valence-corrected chi connectivity index (χ0v) is 28.6. The fourth-order valence-electron chi connectivity index (χ4n) is 4.78. The molecule has 0 saturated carbocycles. The van der Waals surface area contributed by atoms with E-state index in [2.05, 4.69) is 21.2 Å². The molecule has 7 nitrogen and oxygen atoms in total. The lowest BCUT2D eigenvalue weighted by Crippen LogP contribution is -2.54. The van der Waals surface area contributed by atoms with Gasteiger partial charge in [0, 0.05) is 28.5 Å². The van der Waals surface area contributed by atoms with Crippen LogP contribution in [-0.2, 0) is 32.6 Å². The van der Waals surface area contributed by atoms with E-state index in [9.17, 15) is 18.0 Å². The van der Waals surface area contributed by atoms with E-state index in [1.807, 2.05) is 57.2 Å². The minimum absolute atomic E-state index is 0.00267. The van der Waals surface area contributed by atoms with E-state index >= 15 is 0 Å². The minimum atomic E-state index is -4.18. The van der Waals surface area contributed by atoms with Gasteiger partial charge in [-0.25, -0.2) is 8.42 Å². The molecule has 0 radical (unpaired) electrons. The highest BCUT2D eigenvalue weighted by Gasteiger charge is 2.35. The SMILES string of the molecule is CC[C@@H](C)NC(=O)[C@@H](Cc1ccccc1)N(Cc1ccccc1Cl)C(=O)CN(c1ccc(Br)cc1)S(=O)(=O)c1ccc(C)cc1. The maximum Gasteiger partial charge on any atom is 0.264 e. The van der Waals surface area contributed by atoms with Crippen molar-refractivity contribution >= 4 is 55.1 Å². The molecule has 4 rings (SSSR count). The number of hydrogen-bond acceptors (Lipinski definition) is 4. The van der Waals surface area contributed by atoms with Gasteiger partial charge in [0.15, 0.2) is 0 Å². The largest absolute Gasteiger partial charge is 0.352 e. The second-order valence-electron chi connectivity index (χ2n) is 10.9. The molecule has 0 spiro atoms. The van der Waals surface area contributed by atoms with E-state index < -0.39 is 28.5 Å². The Hall–Kier alpha value is -3.66. The number of carbonyl (C=O) groups is 2. The second-order valence-corrected chi connectivity index (χ2v) is 14.1. The maximum absolute atomic E-state index is 14.5. The number of nitrogens with zero attached hydrogens (tertiary/aromatic N) is 2. The number of rotatable bonds is 13. The van der Waals surface area contributed by atoms with Crippen LogP contribution in [0.15, 0.2) is 112 Å². The molecule has 0 aliphatic heterocycles. The molecule has 45 heavy (non-hydrogen) atoms. The summed E-state index contributed by atoms with van der Waals surface area (Å²) in [7, 11) is -4.18. The van der Waals surface area contributed by atoms with Crippen LogP contribution in [0, 0.1) is 6.92 Å². The van der Waals surface area contributed by atoms with E-state index in [0.29, 0.717) is 22.7 Å². The second kappa shape index (κ2) is 15.6. The number of amides is 2. The smallest absolute Gasteiger partial charge is 0.264 e. The first-order valence-corrected chi connectivity index (χ1v) is 17.3. The molecule has 0 unspecified atom stereocenters. The molecule has 10 heteroatoms. The van der Waals surface area contributed by atoms with Crippen molar-refractivity contribution in [2.75, 3.05) is 10.8 Å². The van der Waals surface area contributed by atoms with E-state index in [1.165, 1.54) is 17.0 Å². The molecule has 0 fully saturated rings. The zero-order chi connectivity index (χ0) is 32.6. The number of hydrogen-bond donors (Lipinski definition) is 1. The lowest BCUT2D eigenvalue weighted by Gasteiger charge is -2.34. The van der Waals surface area contributed by atoms with E-state index in [1.54, 1.807) is 54.6 Å². The molecular formula is C35H37BrClN3O4S. The molecule has 0 bridgehead atoms. The quantitative estimate of drug-likeness (QED) is 0.160. The van der Waals surface area contributed by atoms with Crippen LogP contribution in [0.1, 0.15) is 37.0 Å². The standard InChI is InChI=1S/C35H37BrClN3O4S/c1-4-26(3)38-35(42)33(22-27-10-6-5-7-11-27)39(23-28-12-8-9-13-32(28)37)34(41)24-40(30-18-16-29(36)17-19-30)45(43,44)31-20-14-25(2)15-21-31/h5-21,26,33H,4,22-24H2,1-3H3,(H,38,42)/t26-,33-/m1/s1. The number of carbonyl (C=O) groups excluding carboxylic acids is 2. The molecule has 0 saturated heterocycles. The summed E-state index contributed by atoms with van der Waals surface area (Å²) in [6.45, 7) is 5.21. The summed E-state index contributed by atoms with van der Waals surface area (Å²) in [5, 5.41) is 3.47. The highest BCUT2D eigenvalue weighted by atomic mass is 79.9. The molecule has 0 heterocycles. The van der Waals surface area contributed by atoms with E-state index in [4.69, 9.17) is 11.6 Å². The summed E-state index contributed by atoms with van der Waals surface area (Å²) in [4.78, 5) is 29.9. The molecule has 0 aliphatic rings. The maximum atomic E-state index is 14.5. The highest BCUT2D eigenvalue weighted by Crippen LogP contribution is 2.27.